The summed E-state index contributed by atoms with van der Waals surface area (Å²) in [5, 5.41) is 3.15. The Morgan fingerprint density at radius 2 is 0.528 bits per heavy atom. The molecule has 2 aromatic heterocycles. The molecular weight excluding hydrogens is 1300 g/mol. The molecule has 0 amide bonds. The monoisotopic (exact) mass is 1410 g/mol. The molecule has 0 unspecified atom stereocenters. The van der Waals surface area contributed by atoms with Gasteiger partial charge in [0.25, 0.3) is 6.71 Å². The minimum atomic E-state index is -2.00. The number of rotatable bonds is 13. The number of hydrogen-bond acceptors (Lipinski definition) is 2. The van der Waals surface area contributed by atoms with Crippen molar-refractivity contribution in [1.29, 1.82) is 0 Å². The van der Waals surface area contributed by atoms with Crippen molar-refractivity contribution in [3.63, 3.8) is 0 Å². The van der Waals surface area contributed by atoms with Gasteiger partial charge in [0, 0.05) is 91.6 Å². The predicted octanol–water partition coefficient (Wildman–Crippen LogP) is 26.6. The van der Waals surface area contributed by atoms with Crippen molar-refractivity contribution in [2.75, 3.05) is 9.80 Å². The molecule has 108 heavy (non-hydrogen) atoms. The lowest BCUT2D eigenvalue weighted by molar-refractivity contribution is 0.411. The largest absolute Gasteiger partial charge is 0.310 e. The Labute approximate surface area is 655 Å². The molecule has 0 N–H and O–H groups in total. The molecule has 0 atom stereocenters. The maximum Gasteiger partial charge on any atom is 0.252 e. The number of anilines is 6. The molecule has 0 radical (unpaired) electrons. The number of para-hydroxylation sites is 2. The van der Waals surface area contributed by atoms with Crippen LogP contribution in [0.25, 0.3) is 99.5 Å². The summed E-state index contributed by atoms with van der Waals surface area (Å²) >= 11 is 0. The quantitative estimate of drug-likeness (QED) is 0.107. The van der Waals surface area contributed by atoms with Gasteiger partial charge in [0.2, 0.25) is 0 Å². The first-order chi connectivity index (χ1) is 55.5. The van der Waals surface area contributed by atoms with Crippen LogP contribution in [0.4, 0.5) is 34.1 Å². The van der Waals surface area contributed by atoms with E-state index in [0.29, 0.717) is 27.8 Å². The van der Waals surface area contributed by atoms with E-state index in [9.17, 15) is 13.7 Å². The van der Waals surface area contributed by atoms with Gasteiger partial charge in [0.05, 0.1) is 33.4 Å². The van der Waals surface area contributed by atoms with Gasteiger partial charge in [-0.25, -0.2) is 0 Å². The summed E-state index contributed by atoms with van der Waals surface area (Å²) in [7, 11) is 0. The van der Waals surface area contributed by atoms with Crippen molar-refractivity contribution >= 4 is 101 Å². The van der Waals surface area contributed by atoms with Gasteiger partial charge in [-0.3, -0.25) is 0 Å². The Hall–Kier alpha value is -10.9. The van der Waals surface area contributed by atoms with Gasteiger partial charge in [-0.05, 0) is 210 Å². The molecule has 0 fully saturated rings. The molecule has 4 nitrogen and oxygen atoms in total. The third-order valence-electron chi connectivity index (χ3n) is 20.5. The van der Waals surface area contributed by atoms with Crippen LogP contribution in [0.1, 0.15) is 145 Å². The summed E-state index contributed by atoms with van der Waals surface area (Å²) < 4.78 is 104. The average molecular weight is 1420 g/mol. The first-order valence-corrected chi connectivity index (χ1v) is 38.3. The Balaban J connectivity index is 1.05. The van der Waals surface area contributed by atoms with Gasteiger partial charge in [-0.1, -0.05) is 298 Å². The molecule has 2 aliphatic rings. The molecule has 0 aliphatic carbocycles. The smallest absolute Gasteiger partial charge is 0.252 e. The third-order valence-corrected chi connectivity index (χ3v) is 20.5. The predicted molar refractivity (Wildman–Crippen MR) is 467 cm³/mol. The Bertz CT molecular complexity index is 5850. The van der Waals surface area contributed by atoms with Gasteiger partial charge in [-0.2, -0.15) is 0 Å². The molecule has 4 heterocycles. The molecule has 0 spiro atoms. The number of benzene rings is 13. The van der Waals surface area contributed by atoms with Gasteiger partial charge in [0.1, 0.15) is 0 Å². The van der Waals surface area contributed by atoms with Crippen molar-refractivity contribution in [1.82, 2.24) is 9.13 Å². The highest BCUT2D eigenvalue weighted by Crippen LogP contribution is 2.54. The number of nitrogens with zero attached hydrogens (tertiary/aromatic N) is 4. The molecule has 15 aromatic rings. The van der Waals surface area contributed by atoms with Crippen LogP contribution in [0.5, 0.6) is 0 Å². The Morgan fingerprint density at radius 3 is 0.796 bits per heavy atom. The summed E-state index contributed by atoms with van der Waals surface area (Å²) in [5.41, 5.74) is 18.9. The van der Waals surface area contributed by atoms with Gasteiger partial charge < -0.3 is 18.9 Å². The van der Waals surface area contributed by atoms with Crippen LogP contribution in [-0.4, -0.2) is 15.8 Å². The van der Waals surface area contributed by atoms with Gasteiger partial charge >= 0.3 is 0 Å². The van der Waals surface area contributed by atoms with E-state index in [1.54, 1.807) is 0 Å². The summed E-state index contributed by atoms with van der Waals surface area (Å²) in [4.78, 5) is 4.87. The van der Waals surface area contributed by atoms with E-state index in [-0.39, 0.29) is 0 Å². The van der Waals surface area contributed by atoms with Crippen LogP contribution in [0.3, 0.4) is 0 Å². The second-order valence-electron chi connectivity index (χ2n) is 34.9. The number of aromatic nitrogens is 2. The number of fused-ring (bicyclic) bond motifs is 10. The van der Waals surface area contributed by atoms with E-state index in [2.05, 4.69) is 201 Å². The summed E-state index contributed by atoms with van der Waals surface area (Å²) in [6.45, 7) is 28.5. The lowest BCUT2D eigenvalue weighted by Crippen LogP contribution is -2.61. The highest BCUT2D eigenvalue weighted by molar-refractivity contribution is 7.00. The van der Waals surface area contributed by atoms with E-state index in [1.807, 2.05) is 201 Å². The van der Waals surface area contributed by atoms with Crippen LogP contribution < -0.4 is 26.2 Å². The van der Waals surface area contributed by atoms with Crippen LogP contribution >= 0.6 is 0 Å². The lowest BCUT2D eigenvalue weighted by atomic mass is 9.33. The molecule has 0 bridgehead atoms. The minimum Gasteiger partial charge on any atom is -0.310 e. The van der Waals surface area contributed by atoms with Crippen LogP contribution in [0.15, 0.2) is 279 Å². The molecule has 5 heteroatoms. The topological polar surface area (TPSA) is 16.3 Å². The second kappa shape index (κ2) is 26.5. The fraction of sp³-hybridized carbons (Fsp3) is 0.243. The first kappa shape index (κ1) is 59.2. The van der Waals surface area contributed by atoms with Gasteiger partial charge in [-0.15, -0.1) is 0 Å². The molecule has 0 saturated carbocycles. The fourth-order valence-electron chi connectivity index (χ4n) is 16.8. The van der Waals surface area contributed by atoms with Crippen molar-refractivity contribution in [3.8, 4) is 55.9 Å². The molecule has 0 saturated heterocycles. The van der Waals surface area contributed by atoms with Crippen molar-refractivity contribution in [2.45, 2.75) is 136 Å². The van der Waals surface area contributed by atoms with E-state index < -0.39 is 65.7 Å². The SMILES string of the molecule is [2H]C([2H])(c1cc2c3c(c1)N(c1c(-c4ccccc4)cccc1-c1ccccc1)c1cc(-n4c5ccc(C([2H])([2H])C(C)(C)C)cc5c5cc(C([2H])([2H])C(C)(C)C)ccc54)ccc1B3c1ccc(-n3c4ccc(C([2H])([2H])C(C)(C)C)cc4c4cc(C([2H])([2H])C(C)(C)C)ccc43)cc1N2c1c(-c2ccccc2)cccc1-c1ccccc1)C(C)(C)C. The zero-order valence-corrected chi connectivity index (χ0v) is 64.9. The van der Waals surface area contributed by atoms with Crippen molar-refractivity contribution in [2.24, 2.45) is 27.1 Å². The van der Waals surface area contributed by atoms with E-state index in [4.69, 9.17) is 0 Å². The van der Waals surface area contributed by atoms with Crippen molar-refractivity contribution < 1.29 is 13.7 Å². The summed E-state index contributed by atoms with van der Waals surface area (Å²) in [6.07, 6.45) is -9.05. The van der Waals surface area contributed by atoms with E-state index >= 15 is 0 Å². The fourth-order valence-corrected chi connectivity index (χ4v) is 16.8. The van der Waals surface area contributed by atoms with E-state index in [1.165, 1.54) is 0 Å². The van der Waals surface area contributed by atoms with Crippen LogP contribution in [0, 0.1) is 27.1 Å². The maximum atomic E-state index is 10.9. The Kier molecular flexibility index (Phi) is 14.5. The highest BCUT2D eigenvalue weighted by Gasteiger charge is 2.46. The Morgan fingerprint density at radius 1 is 0.259 bits per heavy atom. The maximum absolute atomic E-state index is 10.9. The summed E-state index contributed by atoms with van der Waals surface area (Å²) in [6, 6.07) is 96.8. The standard InChI is InChI=1S/C103H101BN4/c1-99(2,3)62-67-42-50-88-82(54-67)83-55-68(63-100(4,5)6)43-51-89(83)105(88)76-46-48-86-92(60-76)107(97-78(72-30-20-16-21-31-72)38-28-39-79(97)73-32-22-17-23-33-73)94-58-71(66-103(13,14)15)59-95-96(94)104(86)87-49-47-77(61-93(87)108(95)98-80(74-34-24-18-25-35-74)40-29-41-81(98)75-36-26-19-27-37-75)106-90-52-44-69(64-101(7,8)9)56-84(90)85-57-70(45-53-91(85)106)65-102(10,11)12/h16-61H,62-66H2,1-15H3/i62D2,63D2,64D2,65D2,66D2. The minimum absolute atomic E-state index is 0.470. The third kappa shape index (κ3) is 13.3. The first-order valence-electron chi connectivity index (χ1n) is 43.3. The zero-order chi connectivity index (χ0) is 83.9. The van der Waals surface area contributed by atoms with E-state index in [0.717, 1.165) is 150 Å². The molecular formula is C103H101BN4. The normalized spacial score (nSPS) is 15.3. The highest BCUT2D eigenvalue weighted by atomic mass is 15.2. The van der Waals surface area contributed by atoms with Gasteiger partial charge in [0.15, 0.2) is 0 Å². The molecule has 2 aliphatic heterocycles. The second-order valence-corrected chi connectivity index (χ2v) is 34.9. The average Bonchev–Trinajstić information content (AvgIpc) is 0.700. The van der Waals surface area contributed by atoms with Crippen LogP contribution in [0.2, 0.25) is 0 Å². The van der Waals surface area contributed by atoms with Crippen molar-refractivity contribution in [3.05, 3.63) is 307 Å². The molecule has 17 rings (SSSR count). The lowest BCUT2D eigenvalue weighted by Gasteiger charge is -2.46. The molecule has 13 aromatic carbocycles. The summed E-state index contributed by atoms with van der Waals surface area (Å²) in [5.74, 6) is 0. The number of hydrogen-bond donors (Lipinski definition) is 0. The molecule has 536 valence electrons. The van der Waals surface area contributed by atoms with Crippen LogP contribution in [-0.2, 0) is 31.9 Å². The zero-order valence-electron chi connectivity index (χ0n) is 74.9.